The standard InChI is InChI=1S/C25H29ClN2O5/c1-17(18-5-7-19(8-6-18)23(29)30)27-24(31)25(10-13-32-14-11-25)28-12-9-22(16-28)33-21-4-2-3-20(26)15-21/h2-8,15,17,22H,9-14,16H2,1H3,(H,27,31)(H,29,30)/t17-,22+/m0/s1. The molecule has 2 fully saturated rings. The van der Waals surface area contributed by atoms with Crippen LogP contribution >= 0.6 is 11.6 Å². The van der Waals surface area contributed by atoms with Crippen LogP contribution in [0, 0.1) is 0 Å². The normalized spacial score (nSPS) is 21.3. The zero-order valence-electron chi connectivity index (χ0n) is 18.6. The molecule has 1 amide bonds. The van der Waals surface area contributed by atoms with Crippen molar-refractivity contribution < 1.29 is 24.2 Å². The summed E-state index contributed by atoms with van der Waals surface area (Å²) in [6.07, 6.45) is 2.05. The van der Waals surface area contributed by atoms with Crippen LogP contribution in [0.15, 0.2) is 48.5 Å². The van der Waals surface area contributed by atoms with E-state index >= 15 is 0 Å². The van der Waals surface area contributed by atoms with Gasteiger partial charge in [-0.3, -0.25) is 9.69 Å². The maximum atomic E-state index is 13.6. The highest BCUT2D eigenvalue weighted by Gasteiger charge is 2.48. The van der Waals surface area contributed by atoms with E-state index in [9.17, 15) is 9.59 Å². The third-order valence-corrected chi connectivity index (χ3v) is 6.83. The number of amides is 1. The van der Waals surface area contributed by atoms with Gasteiger partial charge in [0.1, 0.15) is 17.4 Å². The van der Waals surface area contributed by atoms with Gasteiger partial charge in [0.25, 0.3) is 0 Å². The van der Waals surface area contributed by atoms with Gasteiger partial charge in [0.2, 0.25) is 5.91 Å². The minimum Gasteiger partial charge on any atom is -0.489 e. The van der Waals surface area contributed by atoms with E-state index in [4.69, 9.17) is 26.2 Å². The van der Waals surface area contributed by atoms with Crippen molar-refractivity contribution >= 4 is 23.5 Å². The molecule has 2 aromatic rings. The van der Waals surface area contributed by atoms with Gasteiger partial charge in [-0.15, -0.1) is 0 Å². The minimum absolute atomic E-state index is 0.0167. The molecular weight excluding hydrogens is 444 g/mol. The molecule has 0 radical (unpaired) electrons. The van der Waals surface area contributed by atoms with Gasteiger partial charge in [-0.2, -0.15) is 0 Å². The fraction of sp³-hybridized carbons (Fsp3) is 0.440. The van der Waals surface area contributed by atoms with Gasteiger partial charge >= 0.3 is 5.97 Å². The summed E-state index contributed by atoms with van der Waals surface area (Å²) in [5, 5.41) is 12.9. The first-order valence-corrected chi connectivity index (χ1v) is 11.6. The molecule has 2 heterocycles. The monoisotopic (exact) mass is 472 g/mol. The van der Waals surface area contributed by atoms with E-state index in [1.54, 1.807) is 30.3 Å². The van der Waals surface area contributed by atoms with Crippen molar-refractivity contribution in [2.45, 2.75) is 43.9 Å². The second-order valence-corrected chi connectivity index (χ2v) is 9.13. The molecule has 2 aliphatic heterocycles. The lowest BCUT2D eigenvalue weighted by Gasteiger charge is -2.43. The molecule has 2 saturated heterocycles. The number of hydrogen-bond donors (Lipinski definition) is 2. The molecule has 7 nitrogen and oxygen atoms in total. The highest BCUT2D eigenvalue weighted by molar-refractivity contribution is 6.30. The van der Waals surface area contributed by atoms with Crippen molar-refractivity contribution in [2.75, 3.05) is 26.3 Å². The number of benzene rings is 2. The number of carbonyl (C=O) groups is 2. The molecular formula is C25H29ClN2O5. The Bertz CT molecular complexity index is 991. The minimum atomic E-state index is -0.969. The number of likely N-dealkylation sites (tertiary alicyclic amines) is 1. The van der Waals surface area contributed by atoms with Crippen LogP contribution in [0.5, 0.6) is 5.75 Å². The molecule has 2 aromatic carbocycles. The number of nitrogens with zero attached hydrogens (tertiary/aromatic N) is 1. The molecule has 0 bridgehead atoms. The Labute approximate surface area is 198 Å². The highest BCUT2D eigenvalue weighted by Crippen LogP contribution is 2.34. The Morgan fingerprint density at radius 3 is 2.61 bits per heavy atom. The van der Waals surface area contributed by atoms with Crippen molar-refractivity contribution in [3.8, 4) is 5.75 Å². The van der Waals surface area contributed by atoms with Crippen LogP contribution < -0.4 is 10.1 Å². The lowest BCUT2D eigenvalue weighted by atomic mass is 9.86. The van der Waals surface area contributed by atoms with E-state index in [0.29, 0.717) is 37.6 Å². The second kappa shape index (κ2) is 10.1. The molecule has 8 heteroatoms. The first-order chi connectivity index (χ1) is 15.9. The number of rotatable bonds is 7. The largest absolute Gasteiger partial charge is 0.489 e. The predicted octanol–water partition coefficient (Wildman–Crippen LogP) is 3.92. The summed E-state index contributed by atoms with van der Waals surface area (Å²) in [6, 6.07) is 13.7. The SMILES string of the molecule is C[C@H](NC(=O)C1(N2CC[C@@H](Oc3cccc(Cl)c3)C2)CCOCC1)c1ccc(C(=O)O)cc1. The quantitative estimate of drug-likeness (QED) is 0.635. The van der Waals surface area contributed by atoms with Gasteiger partial charge in [0.15, 0.2) is 0 Å². The fourth-order valence-electron chi connectivity index (χ4n) is 4.67. The Morgan fingerprint density at radius 1 is 1.21 bits per heavy atom. The molecule has 2 atom stereocenters. The van der Waals surface area contributed by atoms with E-state index in [2.05, 4.69) is 10.2 Å². The topological polar surface area (TPSA) is 88.1 Å². The molecule has 4 rings (SSSR count). The van der Waals surface area contributed by atoms with Crippen molar-refractivity contribution in [3.63, 3.8) is 0 Å². The number of nitrogens with one attached hydrogen (secondary N) is 1. The fourth-order valence-corrected chi connectivity index (χ4v) is 4.85. The van der Waals surface area contributed by atoms with Crippen molar-refractivity contribution in [2.24, 2.45) is 0 Å². The Kier molecular flexibility index (Phi) is 7.22. The van der Waals surface area contributed by atoms with Crippen molar-refractivity contribution in [3.05, 3.63) is 64.7 Å². The third kappa shape index (κ3) is 5.32. The molecule has 0 aliphatic carbocycles. The second-order valence-electron chi connectivity index (χ2n) is 8.70. The Hall–Kier alpha value is -2.61. The molecule has 2 aliphatic rings. The molecule has 176 valence electrons. The smallest absolute Gasteiger partial charge is 0.335 e. The number of carboxylic acid groups (broad SMARTS) is 1. The Morgan fingerprint density at radius 2 is 1.94 bits per heavy atom. The maximum Gasteiger partial charge on any atom is 0.335 e. The molecule has 0 saturated carbocycles. The summed E-state index contributed by atoms with van der Waals surface area (Å²) >= 11 is 6.08. The van der Waals surface area contributed by atoms with Crippen LogP contribution in [-0.4, -0.2) is 59.8 Å². The number of hydrogen-bond acceptors (Lipinski definition) is 5. The summed E-state index contributed by atoms with van der Waals surface area (Å²) in [7, 11) is 0. The average Bonchev–Trinajstić information content (AvgIpc) is 3.28. The molecule has 0 aromatic heterocycles. The summed E-state index contributed by atoms with van der Waals surface area (Å²) in [4.78, 5) is 27.0. The summed E-state index contributed by atoms with van der Waals surface area (Å²) < 4.78 is 11.7. The summed E-state index contributed by atoms with van der Waals surface area (Å²) in [6.45, 7) is 4.40. The molecule has 33 heavy (non-hydrogen) atoms. The summed E-state index contributed by atoms with van der Waals surface area (Å²) in [5.74, 6) is -0.259. The zero-order chi connectivity index (χ0) is 23.4. The van der Waals surface area contributed by atoms with Crippen LogP contribution in [0.4, 0.5) is 0 Å². The van der Waals surface area contributed by atoms with Crippen LogP contribution in [0.2, 0.25) is 5.02 Å². The van der Waals surface area contributed by atoms with Gasteiger partial charge in [0, 0.05) is 31.3 Å². The molecule has 0 spiro atoms. The maximum absolute atomic E-state index is 13.6. The lowest BCUT2D eigenvalue weighted by Crippen LogP contribution is -2.61. The van der Waals surface area contributed by atoms with E-state index < -0.39 is 11.5 Å². The number of halogens is 1. The first-order valence-electron chi connectivity index (χ1n) is 11.3. The van der Waals surface area contributed by atoms with Crippen LogP contribution in [0.3, 0.4) is 0 Å². The molecule has 0 unspecified atom stereocenters. The number of carbonyl (C=O) groups excluding carboxylic acids is 1. The summed E-state index contributed by atoms with van der Waals surface area (Å²) in [5.41, 5.74) is 0.431. The van der Waals surface area contributed by atoms with E-state index in [0.717, 1.165) is 24.3 Å². The van der Waals surface area contributed by atoms with Crippen LogP contribution in [-0.2, 0) is 9.53 Å². The lowest BCUT2D eigenvalue weighted by molar-refractivity contribution is -0.140. The highest BCUT2D eigenvalue weighted by atomic mass is 35.5. The molecule has 2 N–H and O–H groups in total. The van der Waals surface area contributed by atoms with Gasteiger partial charge in [-0.25, -0.2) is 4.79 Å². The predicted molar refractivity (Wildman–Crippen MR) is 125 cm³/mol. The van der Waals surface area contributed by atoms with E-state index in [-0.39, 0.29) is 23.6 Å². The van der Waals surface area contributed by atoms with Crippen molar-refractivity contribution in [1.82, 2.24) is 10.2 Å². The van der Waals surface area contributed by atoms with Gasteiger partial charge in [-0.05, 0) is 62.1 Å². The average molecular weight is 473 g/mol. The van der Waals surface area contributed by atoms with Crippen molar-refractivity contribution in [1.29, 1.82) is 0 Å². The van der Waals surface area contributed by atoms with Crippen LogP contribution in [0.1, 0.15) is 48.1 Å². The first kappa shape index (κ1) is 23.5. The van der Waals surface area contributed by atoms with E-state index in [1.807, 2.05) is 25.1 Å². The third-order valence-electron chi connectivity index (χ3n) is 6.60. The van der Waals surface area contributed by atoms with Gasteiger partial charge < -0.3 is 19.9 Å². The van der Waals surface area contributed by atoms with Crippen LogP contribution in [0.25, 0.3) is 0 Å². The number of ether oxygens (including phenoxy) is 2. The number of aromatic carboxylic acids is 1. The van der Waals surface area contributed by atoms with E-state index in [1.165, 1.54) is 0 Å². The number of carboxylic acids is 1. The van der Waals surface area contributed by atoms with Gasteiger partial charge in [0.05, 0.1) is 11.6 Å². The Balaban J connectivity index is 1.45. The zero-order valence-corrected chi connectivity index (χ0v) is 19.4. The van der Waals surface area contributed by atoms with Gasteiger partial charge in [-0.1, -0.05) is 29.8 Å².